The van der Waals surface area contributed by atoms with Crippen LogP contribution < -0.4 is 32.5 Å². The van der Waals surface area contributed by atoms with E-state index in [0.29, 0.717) is 0 Å². The molecule has 21 heteroatoms. The van der Waals surface area contributed by atoms with Gasteiger partial charge in [0.05, 0.1) is 23.3 Å². The normalized spacial score (nSPS) is 15.3. The number of carboxylic acid groups (broad SMARTS) is 2. The van der Waals surface area contributed by atoms with Gasteiger partial charge in [-0.3, -0.25) is 29.5 Å². The van der Waals surface area contributed by atoms with Crippen LogP contribution in [0.15, 0.2) is 92.8 Å². The fourth-order valence-electron chi connectivity index (χ4n) is 5.53. The molecular formula is C34H22CrN6O12S2. The molecule has 8 N–H and O–H groups in total. The van der Waals surface area contributed by atoms with Gasteiger partial charge in [0.1, 0.15) is 9.81 Å². The minimum atomic E-state index is -5.02. The number of rotatable bonds is 9. The first kappa shape index (κ1) is 39.7. The van der Waals surface area contributed by atoms with Gasteiger partial charge in [-0.1, -0.05) is 12.1 Å². The number of carbonyl (C=O) groups excluding carboxylic acids is 4. The number of carbonyl (C=O) groups is 4. The van der Waals surface area contributed by atoms with Crippen molar-refractivity contribution < 1.29 is 72.7 Å². The van der Waals surface area contributed by atoms with Crippen LogP contribution >= 0.6 is 0 Å². The summed E-state index contributed by atoms with van der Waals surface area (Å²) in [4.78, 5) is 48.9. The van der Waals surface area contributed by atoms with Crippen LogP contribution in [0, 0.1) is 0 Å². The Morgan fingerprint density at radius 2 is 0.964 bits per heavy atom. The van der Waals surface area contributed by atoms with Crippen molar-refractivity contribution in [3.63, 3.8) is 0 Å². The summed E-state index contributed by atoms with van der Waals surface area (Å²) in [6, 6.07) is 15.0. The zero-order valence-electron chi connectivity index (χ0n) is 27.3. The molecule has 2 aliphatic rings. The molecule has 2 aliphatic carbocycles. The molecule has 4 aromatic rings. The van der Waals surface area contributed by atoms with E-state index < -0.39 is 76.1 Å². The molecule has 0 saturated heterocycles. The number of aromatic carboxylic acids is 2. The maximum atomic E-state index is 13.2. The molecule has 0 heterocycles. The Balaban J connectivity index is 0.00000580. The van der Waals surface area contributed by atoms with Crippen LogP contribution in [-0.4, -0.2) is 60.9 Å². The van der Waals surface area contributed by atoms with Gasteiger partial charge in [-0.2, -0.15) is 27.0 Å². The van der Waals surface area contributed by atoms with Crippen LogP contribution in [-0.2, 0) is 37.6 Å². The summed E-state index contributed by atoms with van der Waals surface area (Å²) in [7, 11) is -10.0. The van der Waals surface area contributed by atoms with Crippen molar-refractivity contribution in [2.24, 2.45) is 10.2 Å². The van der Waals surface area contributed by atoms with E-state index >= 15 is 0 Å². The second-order valence-electron chi connectivity index (χ2n) is 11.6. The van der Waals surface area contributed by atoms with Crippen molar-refractivity contribution in [2.45, 2.75) is 0 Å². The summed E-state index contributed by atoms with van der Waals surface area (Å²) in [5.41, 5.74) is 13.6. The number of nitrogens with one attached hydrogen (secondary N) is 2. The minimum Gasteiger partial charge on any atom is -0.545 e. The third-order valence-corrected chi connectivity index (χ3v) is 9.79. The Hall–Kier alpha value is -6.47. The summed E-state index contributed by atoms with van der Waals surface area (Å²) in [5, 5.41) is 31.9. The van der Waals surface area contributed by atoms with E-state index in [0.717, 1.165) is 36.4 Å². The number of benzene rings is 4. The molecule has 0 spiro atoms. The van der Waals surface area contributed by atoms with E-state index in [-0.39, 0.29) is 73.5 Å². The number of hydrazone groups is 2. The molecule has 0 amide bonds. The van der Waals surface area contributed by atoms with Crippen molar-refractivity contribution in [2.75, 3.05) is 22.3 Å². The summed E-state index contributed by atoms with van der Waals surface area (Å²) >= 11 is 0. The molecule has 55 heavy (non-hydrogen) atoms. The maximum absolute atomic E-state index is 13.2. The average Bonchev–Trinajstić information content (AvgIpc) is 3.09. The summed E-state index contributed by atoms with van der Waals surface area (Å²) in [5.74, 6) is -5.39. The largest absolute Gasteiger partial charge is 2.00 e. The van der Waals surface area contributed by atoms with Gasteiger partial charge in [-0.25, -0.2) is 0 Å². The van der Waals surface area contributed by atoms with Crippen molar-refractivity contribution in [3.8, 4) is 11.1 Å². The molecular weight excluding hydrogens is 801 g/mol. The third-order valence-electron chi connectivity index (χ3n) is 8.06. The van der Waals surface area contributed by atoms with Gasteiger partial charge >= 0.3 is 17.4 Å². The van der Waals surface area contributed by atoms with Crippen LogP contribution in [0.25, 0.3) is 23.3 Å². The molecule has 278 valence electrons. The summed E-state index contributed by atoms with van der Waals surface area (Å²) in [6.07, 6.45) is 1.94. The fourth-order valence-corrected chi connectivity index (χ4v) is 6.85. The minimum absolute atomic E-state index is 0. The van der Waals surface area contributed by atoms with Crippen LogP contribution in [0.5, 0.6) is 0 Å². The summed E-state index contributed by atoms with van der Waals surface area (Å²) < 4.78 is 68.2. The van der Waals surface area contributed by atoms with Crippen LogP contribution in [0.3, 0.4) is 0 Å². The van der Waals surface area contributed by atoms with Gasteiger partial charge in [-0.15, -0.1) is 0 Å². The molecule has 0 fully saturated rings. The van der Waals surface area contributed by atoms with Crippen LogP contribution in [0.2, 0.25) is 0 Å². The molecule has 0 bridgehead atoms. The maximum Gasteiger partial charge on any atom is 2.00 e. The predicted molar refractivity (Wildman–Crippen MR) is 192 cm³/mol. The number of anilines is 4. The molecule has 18 nitrogen and oxygen atoms in total. The Morgan fingerprint density at radius 3 is 1.29 bits per heavy atom. The number of nitrogens with two attached hydrogens (primary N) is 2. The smallest absolute Gasteiger partial charge is 0.545 e. The first-order valence-electron chi connectivity index (χ1n) is 15.0. The monoisotopic (exact) mass is 822 g/mol. The number of carboxylic acids is 2. The quantitative estimate of drug-likeness (QED) is 0.0780. The molecule has 4 aromatic carbocycles. The van der Waals surface area contributed by atoms with Crippen LogP contribution in [0.1, 0.15) is 52.6 Å². The number of ketones is 2. The topological polar surface area (TPSA) is 324 Å². The van der Waals surface area contributed by atoms with Crippen molar-refractivity contribution in [1.29, 1.82) is 0 Å². The zero-order valence-corrected chi connectivity index (χ0v) is 30.2. The Bertz CT molecular complexity index is 2560. The predicted octanol–water partition coefficient (Wildman–Crippen LogP) is 1.03. The first-order chi connectivity index (χ1) is 25.3. The van der Waals surface area contributed by atoms with E-state index in [4.69, 9.17) is 11.5 Å². The fraction of sp³-hybridized carbons (Fsp3) is 0. The molecule has 0 radical (unpaired) electrons. The average molecular weight is 823 g/mol. The van der Waals surface area contributed by atoms with Crippen molar-refractivity contribution in [3.05, 3.63) is 116 Å². The van der Waals surface area contributed by atoms with Gasteiger partial charge in [0, 0.05) is 33.6 Å². The van der Waals surface area contributed by atoms with Gasteiger partial charge in [0.2, 0.25) is 11.6 Å². The van der Waals surface area contributed by atoms with Gasteiger partial charge < -0.3 is 31.3 Å². The Kier molecular flexibility index (Phi) is 10.7. The van der Waals surface area contributed by atoms with E-state index in [2.05, 4.69) is 21.1 Å². The van der Waals surface area contributed by atoms with Gasteiger partial charge in [0.25, 0.3) is 20.2 Å². The Morgan fingerprint density at radius 1 is 0.600 bits per heavy atom. The number of hydrogen-bond donors (Lipinski definition) is 6. The van der Waals surface area contributed by atoms with E-state index in [1.165, 1.54) is 48.5 Å². The Labute approximate surface area is 321 Å². The number of nitrogen functional groups attached to an aromatic ring is 2. The van der Waals surface area contributed by atoms with Gasteiger partial charge in [-0.05, 0) is 95.1 Å². The van der Waals surface area contributed by atoms with E-state index in [1.807, 2.05) is 0 Å². The molecule has 0 atom stereocenters. The van der Waals surface area contributed by atoms with Crippen molar-refractivity contribution in [1.82, 2.24) is 0 Å². The second kappa shape index (κ2) is 14.7. The number of nitrogens with zero attached hydrogens (tertiary/aromatic N) is 2. The molecule has 0 unspecified atom stereocenters. The standard InChI is InChI=1S/C34H24N6O12S2.Cr/c35-19-3-5-21-17(9-19)13-27(53(47,48)49)29(31(21)41)39-37-25-7-1-15(11-23(25)33(43)44)16-2-8-26(24(12-16)34(45)46)38-40-30-28(54(50,51)52)14-18-10-20(36)4-6-22(18)32(30)42;/h1-14,37-38H,35-36H2,(H,43,44)(H,45,46)(H,47,48,49)(H,50,51,52);/q;+2/p-2/b39-29-,40-30-;. The molecule has 0 saturated carbocycles. The SMILES string of the molecule is Nc1ccc2c(c1)C=C(S(=O)(=O)O)/C(=N/Nc1ccc(-c3ccc(N/N=C4\C(=O)c5ccc(N)cc5C=C4S(=O)(=O)O)c(C(=O)[O-])c3)cc1C(=O)[O-])C2=O.[Cr+2]. The molecule has 6 rings (SSSR count). The second-order valence-corrected chi connectivity index (χ2v) is 14.3. The molecule has 0 aliphatic heterocycles. The molecule has 0 aromatic heterocycles. The van der Waals surface area contributed by atoms with Crippen LogP contribution in [0.4, 0.5) is 22.7 Å². The van der Waals surface area contributed by atoms with E-state index in [1.54, 1.807) is 0 Å². The zero-order chi connectivity index (χ0) is 39.3. The number of hydrogen-bond acceptors (Lipinski definition) is 16. The number of fused-ring (bicyclic) bond motifs is 2. The van der Waals surface area contributed by atoms with Crippen molar-refractivity contribution >= 4 is 90.1 Å². The van der Waals surface area contributed by atoms with Gasteiger partial charge in [0.15, 0.2) is 11.4 Å². The first-order valence-corrected chi connectivity index (χ1v) is 17.9. The number of Topliss-reactive ketones (excluding diaryl/α,β-unsaturated/α-hetero) is 2. The third kappa shape index (κ3) is 7.92. The van der Waals surface area contributed by atoms with E-state index in [9.17, 15) is 55.3 Å². The summed E-state index contributed by atoms with van der Waals surface area (Å²) in [6.45, 7) is 0. The number of allylic oxidation sites excluding steroid dienone is 2.